The normalized spacial score (nSPS) is 11.2. The number of hydrogen-bond acceptors (Lipinski definition) is 1. The number of nitrogens with zero attached hydrogens (tertiary/aromatic N) is 1. The van der Waals surface area contributed by atoms with Gasteiger partial charge in [0, 0.05) is 5.56 Å². The van der Waals surface area contributed by atoms with E-state index in [1.165, 1.54) is 6.07 Å². The molecule has 0 aliphatic rings. The molecule has 1 radical (unpaired) electrons. The molecule has 2 aromatic carbocycles. The first-order valence-electron chi connectivity index (χ1n) is 5.32. The van der Waals surface area contributed by atoms with Crippen molar-refractivity contribution in [3.63, 3.8) is 0 Å². The van der Waals surface area contributed by atoms with Crippen molar-refractivity contribution in [1.29, 1.82) is 5.26 Å². The van der Waals surface area contributed by atoms with E-state index in [1.807, 2.05) is 0 Å². The van der Waals surface area contributed by atoms with Crippen LogP contribution in [-0.4, -0.2) is 0 Å². The van der Waals surface area contributed by atoms with E-state index in [0.29, 0.717) is 18.2 Å². The van der Waals surface area contributed by atoms with Gasteiger partial charge in [-0.05, 0) is 24.3 Å². The van der Waals surface area contributed by atoms with Crippen LogP contribution < -0.4 is 0 Å². The minimum Gasteiger partial charge on any atom is -0.206 e. The van der Waals surface area contributed by atoms with Crippen molar-refractivity contribution in [3.05, 3.63) is 59.2 Å². The van der Waals surface area contributed by atoms with Gasteiger partial charge in [-0.2, -0.15) is 18.4 Å². The maximum absolute atomic E-state index is 13.8. The molecule has 0 aliphatic heterocycles. The summed E-state index contributed by atoms with van der Waals surface area (Å²) >= 11 is 0. The predicted octanol–water partition coefficient (Wildman–Crippen LogP) is 4.32. The Bertz CT molecular complexity index is 674. The van der Waals surface area contributed by atoms with Gasteiger partial charge in [0.05, 0.1) is 22.8 Å². The van der Waals surface area contributed by atoms with E-state index in [9.17, 15) is 22.0 Å². The highest BCUT2D eigenvalue weighted by molar-refractivity contribution is 5.69. The van der Waals surface area contributed by atoms with E-state index in [0.717, 1.165) is 12.1 Å². The number of hydrogen-bond donors (Lipinski definition) is 0. The average Bonchev–Trinajstić information content (AvgIpc) is 2.37. The maximum atomic E-state index is 13.8. The van der Waals surface area contributed by atoms with Crippen molar-refractivity contribution in [2.45, 2.75) is 6.18 Å². The van der Waals surface area contributed by atoms with Crippen molar-refractivity contribution < 1.29 is 22.0 Å². The lowest BCUT2D eigenvalue weighted by atomic mass is 9.97. The van der Waals surface area contributed by atoms with Crippen LogP contribution in [0.3, 0.4) is 0 Å². The third kappa shape index (κ3) is 2.48. The molecule has 0 unspecified atom stereocenters. The zero-order chi connectivity index (χ0) is 14.9. The van der Waals surface area contributed by atoms with Gasteiger partial charge in [0.25, 0.3) is 0 Å². The molecule has 0 spiro atoms. The molecule has 20 heavy (non-hydrogen) atoms. The highest BCUT2D eigenvalue weighted by Crippen LogP contribution is 2.38. The van der Waals surface area contributed by atoms with E-state index >= 15 is 0 Å². The number of nitriles is 1. The third-order valence-corrected chi connectivity index (χ3v) is 2.58. The van der Waals surface area contributed by atoms with Crippen LogP contribution in [-0.2, 0) is 6.18 Å². The molecule has 6 heteroatoms. The van der Waals surface area contributed by atoms with Crippen LogP contribution in [0.2, 0.25) is 0 Å². The summed E-state index contributed by atoms with van der Waals surface area (Å²) in [5.74, 6) is -2.48. The number of alkyl halides is 3. The predicted molar refractivity (Wildman–Crippen MR) is 60.3 cm³/mol. The largest absolute Gasteiger partial charge is 0.417 e. The topological polar surface area (TPSA) is 23.8 Å². The molecule has 0 aromatic heterocycles. The first-order chi connectivity index (χ1) is 9.34. The standard InChI is InChI=1S/C14H5F5N/c15-11-5-8(7-20)6-12(16)13(11)9-3-1-2-4-10(9)14(17,18)19/h1-2,4-6H. The lowest BCUT2D eigenvalue weighted by Gasteiger charge is -2.13. The highest BCUT2D eigenvalue weighted by Gasteiger charge is 2.34. The average molecular weight is 282 g/mol. The fraction of sp³-hybridized carbons (Fsp3) is 0.0714. The zero-order valence-corrected chi connectivity index (χ0v) is 9.72. The molecule has 0 aliphatic carbocycles. The Labute approximate surface area is 110 Å². The van der Waals surface area contributed by atoms with Crippen molar-refractivity contribution in [3.8, 4) is 17.2 Å². The molecule has 0 amide bonds. The van der Waals surface area contributed by atoms with E-state index in [-0.39, 0.29) is 5.56 Å². The van der Waals surface area contributed by atoms with Crippen LogP contribution in [0.5, 0.6) is 0 Å². The smallest absolute Gasteiger partial charge is 0.206 e. The fourth-order valence-electron chi connectivity index (χ4n) is 1.76. The molecule has 1 nitrogen and oxygen atoms in total. The van der Waals surface area contributed by atoms with Gasteiger partial charge in [-0.15, -0.1) is 0 Å². The molecule has 0 saturated carbocycles. The first-order valence-corrected chi connectivity index (χ1v) is 5.32. The summed E-state index contributed by atoms with van der Waals surface area (Å²) in [6, 6.07) is 7.99. The Balaban J connectivity index is 2.74. The van der Waals surface area contributed by atoms with Gasteiger partial charge < -0.3 is 0 Å². The Kier molecular flexibility index (Phi) is 3.45. The van der Waals surface area contributed by atoms with Crippen LogP contribution in [0, 0.1) is 29.0 Å². The van der Waals surface area contributed by atoms with Gasteiger partial charge in [0.15, 0.2) is 0 Å². The van der Waals surface area contributed by atoms with E-state index in [4.69, 9.17) is 5.26 Å². The highest BCUT2D eigenvalue weighted by atomic mass is 19.4. The SMILES string of the molecule is N#Cc1cc(F)c(-c2[c]cccc2C(F)(F)F)c(F)c1. The van der Waals surface area contributed by atoms with Gasteiger partial charge in [-0.3, -0.25) is 0 Å². The molecule has 2 aromatic rings. The summed E-state index contributed by atoms with van der Waals surface area (Å²) in [6.07, 6.45) is -4.76. The lowest BCUT2D eigenvalue weighted by Crippen LogP contribution is -2.08. The minimum atomic E-state index is -4.76. The second-order valence-electron chi connectivity index (χ2n) is 3.88. The summed E-state index contributed by atoms with van der Waals surface area (Å²) < 4.78 is 66.0. The quantitative estimate of drug-likeness (QED) is 0.714. The summed E-state index contributed by atoms with van der Waals surface area (Å²) in [4.78, 5) is 0. The van der Waals surface area contributed by atoms with Crippen molar-refractivity contribution >= 4 is 0 Å². The molecule has 0 fully saturated rings. The van der Waals surface area contributed by atoms with Crippen LogP contribution in [0.4, 0.5) is 22.0 Å². The van der Waals surface area contributed by atoms with Gasteiger partial charge in [-0.25, -0.2) is 8.78 Å². The summed E-state index contributed by atoms with van der Waals surface area (Å²) in [5, 5.41) is 8.56. The van der Waals surface area contributed by atoms with E-state index in [2.05, 4.69) is 6.07 Å². The van der Waals surface area contributed by atoms with Gasteiger partial charge in [0.1, 0.15) is 11.6 Å². The monoisotopic (exact) mass is 282 g/mol. The Morgan fingerprint density at radius 2 is 1.70 bits per heavy atom. The molecule has 0 saturated heterocycles. The van der Waals surface area contributed by atoms with Gasteiger partial charge >= 0.3 is 6.18 Å². The Morgan fingerprint density at radius 1 is 1.10 bits per heavy atom. The molecular formula is C14H5F5N. The number of benzene rings is 2. The molecule has 0 N–H and O–H groups in total. The van der Waals surface area contributed by atoms with Crippen molar-refractivity contribution in [1.82, 2.24) is 0 Å². The van der Waals surface area contributed by atoms with Crippen LogP contribution in [0.25, 0.3) is 11.1 Å². The van der Waals surface area contributed by atoms with Crippen LogP contribution in [0.1, 0.15) is 11.1 Å². The van der Waals surface area contributed by atoms with E-state index < -0.39 is 34.5 Å². The van der Waals surface area contributed by atoms with Gasteiger partial charge in [-0.1, -0.05) is 12.1 Å². The molecule has 101 valence electrons. The van der Waals surface area contributed by atoms with E-state index in [1.54, 1.807) is 0 Å². The summed E-state index contributed by atoms with van der Waals surface area (Å²) in [7, 11) is 0. The van der Waals surface area contributed by atoms with Crippen molar-refractivity contribution in [2.24, 2.45) is 0 Å². The zero-order valence-electron chi connectivity index (χ0n) is 9.72. The van der Waals surface area contributed by atoms with Crippen molar-refractivity contribution in [2.75, 3.05) is 0 Å². The molecule has 0 atom stereocenters. The third-order valence-electron chi connectivity index (χ3n) is 2.58. The van der Waals surface area contributed by atoms with Crippen LogP contribution in [0.15, 0.2) is 30.3 Å². The Morgan fingerprint density at radius 3 is 2.20 bits per heavy atom. The second-order valence-corrected chi connectivity index (χ2v) is 3.88. The second kappa shape index (κ2) is 4.93. The number of rotatable bonds is 1. The first kappa shape index (κ1) is 14.0. The lowest BCUT2D eigenvalue weighted by molar-refractivity contribution is -0.137. The minimum absolute atomic E-state index is 0.312. The molecule has 2 rings (SSSR count). The summed E-state index contributed by atoms with van der Waals surface area (Å²) in [6.45, 7) is 0. The van der Waals surface area contributed by atoms with Crippen LogP contribution >= 0.6 is 0 Å². The summed E-state index contributed by atoms with van der Waals surface area (Å²) in [5.41, 5.74) is -3.08. The molecular weight excluding hydrogens is 277 g/mol. The maximum Gasteiger partial charge on any atom is 0.417 e. The molecule has 0 bridgehead atoms. The van der Waals surface area contributed by atoms with Gasteiger partial charge in [0.2, 0.25) is 0 Å². The fourth-order valence-corrected chi connectivity index (χ4v) is 1.76. The Hall–Kier alpha value is -2.42. The molecule has 0 heterocycles. The number of halogens is 5.